The minimum Gasteiger partial charge on any atom is -0.507 e. The van der Waals surface area contributed by atoms with E-state index in [0.29, 0.717) is 28.4 Å². The molecular formula is C17H18N4O. The predicted molar refractivity (Wildman–Crippen MR) is 88.4 cm³/mol. The molecule has 0 amide bonds. The number of nitrogens with two attached hydrogens (primary N) is 1. The summed E-state index contributed by atoms with van der Waals surface area (Å²) in [5.74, 6) is 6.69. The summed E-state index contributed by atoms with van der Waals surface area (Å²) >= 11 is 0. The summed E-state index contributed by atoms with van der Waals surface area (Å²) in [6.45, 7) is 5.74. The van der Waals surface area contributed by atoms with Gasteiger partial charge in [-0.05, 0) is 19.1 Å². The zero-order valence-electron chi connectivity index (χ0n) is 12.8. The Morgan fingerprint density at radius 3 is 2.55 bits per heavy atom. The highest BCUT2D eigenvalue weighted by atomic mass is 16.3. The molecule has 0 saturated carbocycles. The lowest BCUT2D eigenvalue weighted by atomic mass is 10.1. The maximum absolute atomic E-state index is 9.87. The number of aromatic nitrogens is 3. The van der Waals surface area contributed by atoms with Gasteiger partial charge in [0.05, 0.1) is 11.3 Å². The standard InChI is InChI=1S/C15H12N4O.C2H6/c1-2-5-10-8-19-9-12(17-15(19)18-14(10)16)11-6-3-4-7-13(11)20;1-2/h3-4,6-9,20H,1H3,(H2,16,17,18);1-2H3. The molecule has 0 radical (unpaired) electrons. The molecular weight excluding hydrogens is 276 g/mol. The van der Waals surface area contributed by atoms with Crippen molar-refractivity contribution in [3.63, 3.8) is 0 Å². The maximum Gasteiger partial charge on any atom is 0.236 e. The highest BCUT2D eigenvalue weighted by Crippen LogP contribution is 2.27. The molecule has 0 atom stereocenters. The van der Waals surface area contributed by atoms with Crippen LogP contribution in [0.1, 0.15) is 26.3 Å². The van der Waals surface area contributed by atoms with Crippen LogP contribution in [0.2, 0.25) is 0 Å². The molecule has 22 heavy (non-hydrogen) atoms. The minimum atomic E-state index is 0.178. The number of phenolic OH excluding ortho intramolecular Hbond substituents is 1. The van der Waals surface area contributed by atoms with E-state index in [0.717, 1.165) is 0 Å². The van der Waals surface area contributed by atoms with Crippen molar-refractivity contribution >= 4 is 11.6 Å². The quantitative estimate of drug-likeness (QED) is 0.676. The van der Waals surface area contributed by atoms with Crippen LogP contribution in [0.5, 0.6) is 5.75 Å². The van der Waals surface area contributed by atoms with Crippen LogP contribution in [0.15, 0.2) is 36.7 Å². The highest BCUT2D eigenvalue weighted by molar-refractivity contribution is 5.68. The first-order valence-corrected chi connectivity index (χ1v) is 7.05. The van der Waals surface area contributed by atoms with Gasteiger partial charge in [-0.1, -0.05) is 31.9 Å². The van der Waals surface area contributed by atoms with Crippen molar-refractivity contribution in [2.45, 2.75) is 20.8 Å². The van der Waals surface area contributed by atoms with E-state index in [-0.39, 0.29) is 5.75 Å². The molecule has 5 nitrogen and oxygen atoms in total. The number of benzene rings is 1. The first-order chi connectivity index (χ1) is 10.7. The lowest BCUT2D eigenvalue weighted by Crippen LogP contribution is -1.98. The van der Waals surface area contributed by atoms with E-state index in [4.69, 9.17) is 5.73 Å². The fourth-order valence-corrected chi connectivity index (χ4v) is 1.99. The second-order valence-corrected chi connectivity index (χ2v) is 4.27. The Kier molecular flexibility index (Phi) is 4.64. The number of nitrogens with zero attached hydrogens (tertiary/aromatic N) is 3. The normalized spacial score (nSPS) is 9.59. The smallest absolute Gasteiger partial charge is 0.236 e. The third kappa shape index (κ3) is 2.86. The van der Waals surface area contributed by atoms with E-state index in [1.165, 1.54) is 0 Å². The SMILES string of the molecule is CC.CC#Cc1cn2cc(-c3ccccc3O)nc2nc1N. The molecule has 0 spiro atoms. The van der Waals surface area contributed by atoms with Gasteiger partial charge in [-0.2, -0.15) is 4.98 Å². The molecule has 1 aromatic carbocycles. The summed E-state index contributed by atoms with van der Waals surface area (Å²) in [4.78, 5) is 8.59. The van der Waals surface area contributed by atoms with Gasteiger partial charge in [0.1, 0.15) is 11.6 Å². The van der Waals surface area contributed by atoms with Crippen LogP contribution < -0.4 is 5.73 Å². The molecule has 3 aromatic rings. The van der Waals surface area contributed by atoms with Crippen LogP contribution in [0, 0.1) is 11.8 Å². The molecule has 0 aliphatic carbocycles. The van der Waals surface area contributed by atoms with Crippen molar-refractivity contribution < 1.29 is 5.11 Å². The van der Waals surface area contributed by atoms with Crippen molar-refractivity contribution in [3.05, 3.63) is 42.2 Å². The van der Waals surface area contributed by atoms with Gasteiger partial charge in [0.25, 0.3) is 0 Å². The maximum atomic E-state index is 9.87. The summed E-state index contributed by atoms with van der Waals surface area (Å²) in [5.41, 5.74) is 7.78. The lowest BCUT2D eigenvalue weighted by molar-refractivity contribution is 0.477. The number of para-hydroxylation sites is 1. The Morgan fingerprint density at radius 1 is 1.14 bits per heavy atom. The van der Waals surface area contributed by atoms with Crippen LogP contribution >= 0.6 is 0 Å². The molecule has 5 heteroatoms. The van der Waals surface area contributed by atoms with Gasteiger partial charge < -0.3 is 10.8 Å². The zero-order chi connectivity index (χ0) is 16.1. The highest BCUT2D eigenvalue weighted by Gasteiger charge is 2.10. The molecule has 0 fully saturated rings. The Labute approximate surface area is 129 Å². The summed E-state index contributed by atoms with van der Waals surface area (Å²) in [6.07, 6.45) is 3.57. The van der Waals surface area contributed by atoms with Gasteiger partial charge >= 0.3 is 0 Å². The molecule has 0 aliphatic rings. The molecule has 0 unspecified atom stereocenters. The van der Waals surface area contributed by atoms with E-state index in [1.807, 2.05) is 19.9 Å². The van der Waals surface area contributed by atoms with E-state index in [1.54, 1.807) is 41.9 Å². The van der Waals surface area contributed by atoms with Crippen LogP contribution in [-0.4, -0.2) is 19.5 Å². The molecule has 3 N–H and O–H groups in total. The largest absolute Gasteiger partial charge is 0.507 e. The third-order valence-corrected chi connectivity index (χ3v) is 2.92. The first kappa shape index (κ1) is 15.4. The van der Waals surface area contributed by atoms with E-state index < -0.39 is 0 Å². The fourth-order valence-electron chi connectivity index (χ4n) is 1.99. The molecule has 3 rings (SSSR count). The second-order valence-electron chi connectivity index (χ2n) is 4.27. The van der Waals surface area contributed by atoms with Gasteiger partial charge in [0.2, 0.25) is 5.78 Å². The van der Waals surface area contributed by atoms with Gasteiger partial charge in [0.15, 0.2) is 0 Å². The predicted octanol–water partition coefficient (Wildman–Crippen LogP) is 3.08. The van der Waals surface area contributed by atoms with Crippen LogP contribution in [-0.2, 0) is 0 Å². The summed E-state index contributed by atoms with van der Waals surface area (Å²) in [5, 5.41) is 9.87. The van der Waals surface area contributed by atoms with Crippen LogP contribution in [0.4, 0.5) is 5.82 Å². The molecule has 112 valence electrons. The van der Waals surface area contributed by atoms with Crippen molar-refractivity contribution in [3.8, 4) is 28.8 Å². The number of fused-ring (bicyclic) bond motifs is 1. The molecule has 2 heterocycles. The Bertz CT molecular complexity index is 856. The number of hydrogen-bond donors (Lipinski definition) is 2. The number of nitrogen functional groups attached to an aromatic ring is 1. The molecule has 0 aliphatic heterocycles. The lowest BCUT2D eigenvalue weighted by Gasteiger charge is -1.98. The second kappa shape index (κ2) is 6.64. The number of anilines is 1. The Morgan fingerprint density at radius 2 is 1.86 bits per heavy atom. The molecule has 2 aromatic heterocycles. The molecule has 0 saturated heterocycles. The average Bonchev–Trinajstić information content (AvgIpc) is 2.93. The average molecular weight is 294 g/mol. The zero-order valence-corrected chi connectivity index (χ0v) is 12.8. The van der Waals surface area contributed by atoms with Crippen molar-refractivity contribution in [2.75, 3.05) is 5.73 Å². The first-order valence-electron chi connectivity index (χ1n) is 7.05. The van der Waals surface area contributed by atoms with Crippen molar-refractivity contribution in [1.82, 2.24) is 14.4 Å². The summed E-state index contributed by atoms with van der Waals surface area (Å²) in [7, 11) is 0. The van der Waals surface area contributed by atoms with E-state index in [2.05, 4.69) is 21.8 Å². The number of rotatable bonds is 1. The molecule has 0 bridgehead atoms. The van der Waals surface area contributed by atoms with Gasteiger partial charge in [0, 0.05) is 18.0 Å². The minimum absolute atomic E-state index is 0.178. The summed E-state index contributed by atoms with van der Waals surface area (Å²) in [6, 6.07) is 7.02. The number of imidazole rings is 1. The monoisotopic (exact) mass is 294 g/mol. The van der Waals surface area contributed by atoms with Crippen molar-refractivity contribution in [2.24, 2.45) is 0 Å². The fraction of sp³-hybridized carbons (Fsp3) is 0.176. The summed E-state index contributed by atoms with van der Waals surface area (Å²) < 4.78 is 1.75. The van der Waals surface area contributed by atoms with E-state index in [9.17, 15) is 5.11 Å². The Balaban J connectivity index is 0.000000847. The Hall–Kier alpha value is -3.00. The number of aromatic hydroxyl groups is 1. The van der Waals surface area contributed by atoms with Gasteiger partial charge in [-0.25, -0.2) is 4.98 Å². The third-order valence-electron chi connectivity index (χ3n) is 2.92. The van der Waals surface area contributed by atoms with Crippen molar-refractivity contribution in [1.29, 1.82) is 0 Å². The topological polar surface area (TPSA) is 76.4 Å². The van der Waals surface area contributed by atoms with Crippen LogP contribution in [0.3, 0.4) is 0 Å². The van der Waals surface area contributed by atoms with Gasteiger partial charge in [-0.15, -0.1) is 5.92 Å². The van der Waals surface area contributed by atoms with Gasteiger partial charge in [-0.3, -0.25) is 4.40 Å². The number of hydrogen-bond acceptors (Lipinski definition) is 4. The van der Waals surface area contributed by atoms with E-state index >= 15 is 0 Å². The number of phenols is 1. The van der Waals surface area contributed by atoms with Crippen LogP contribution in [0.25, 0.3) is 17.0 Å².